The summed E-state index contributed by atoms with van der Waals surface area (Å²) in [5, 5.41) is 0.644. The van der Waals surface area contributed by atoms with Gasteiger partial charge in [0.05, 0.1) is 11.9 Å². The second-order valence-corrected chi connectivity index (χ2v) is 5.61. The van der Waals surface area contributed by atoms with E-state index in [1.54, 1.807) is 42.7 Å². The average molecular weight is 392 g/mol. The van der Waals surface area contributed by atoms with Crippen LogP contribution in [0.5, 0.6) is 0 Å². The summed E-state index contributed by atoms with van der Waals surface area (Å²) in [4.78, 5) is 22.6. The number of carbonyl (C=O) groups is 1. The molecule has 1 amide bonds. The monoisotopic (exact) mass is 390 g/mol. The lowest BCUT2D eigenvalue weighted by Crippen LogP contribution is -2.38. The molecule has 0 bridgehead atoms. The van der Waals surface area contributed by atoms with Crippen LogP contribution in [0.4, 0.5) is 0 Å². The maximum Gasteiger partial charge on any atom is 0.227 e. The Morgan fingerprint density at radius 1 is 1.25 bits per heavy atom. The van der Waals surface area contributed by atoms with Gasteiger partial charge in [-0.1, -0.05) is 30.7 Å². The third-order valence-electron chi connectivity index (χ3n) is 3.56. The second-order valence-electron chi connectivity index (χ2n) is 5.17. The van der Waals surface area contributed by atoms with E-state index >= 15 is 0 Å². The molecule has 1 heterocycles. The Balaban J connectivity index is 0.00000264. The van der Waals surface area contributed by atoms with Gasteiger partial charge < -0.3 is 10.6 Å². The number of hydrogen-bond donors (Lipinski definition) is 1. The predicted molar refractivity (Wildman–Crippen MR) is 101 cm³/mol. The maximum absolute atomic E-state index is 12.5. The molecule has 1 aromatic heterocycles. The molecule has 5 nitrogen and oxygen atoms in total. The molecule has 0 aliphatic carbocycles. The summed E-state index contributed by atoms with van der Waals surface area (Å²) >= 11 is 5.95. The number of aromatic nitrogens is 2. The number of halogens is 3. The van der Waals surface area contributed by atoms with Gasteiger partial charge in [-0.25, -0.2) is 0 Å². The number of rotatable bonds is 5. The van der Waals surface area contributed by atoms with E-state index in [9.17, 15) is 4.79 Å². The molecule has 2 unspecified atom stereocenters. The SMILES string of the molecule is CC(CN)C(=O)N(C)C(c1ccc(Cl)cc1)c1cnccn1.Cl.Cl. The van der Waals surface area contributed by atoms with E-state index in [1.807, 2.05) is 19.1 Å². The molecule has 0 aliphatic heterocycles. The van der Waals surface area contributed by atoms with Crippen LogP contribution in [0.2, 0.25) is 5.02 Å². The predicted octanol–water partition coefficient (Wildman–Crippen LogP) is 3.12. The van der Waals surface area contributed by atoms with Crippen LogP contribution in [0.3, 0.4) is 0 Å². The quantitative estimate of drug-likeness (QED) is 0.850. The highest BCUT2D eigenvalue weighted by molar-refractivity contribution is 6.30. The first-order valence-corrected chi connectivity index (χ1v) is 7.40. The number of nitrogens with zero attached hydrogens (tertiary/aromatic N) is 3. The van der Waals surface area contributed by atoms with Crippen LogP contribution in [0.15, 0.2) is 42.9 Å². The van der Waals surface area contributed by atoms with Crippen LogP contribution in [0, 0.1) is 5.92 Å². The molecule has 24 heavy (non-hydrogen) atoms. The van der Waals surface area contributed by atoms with Crippen LogP contribution < -0.4 is 5.73 Å². The van der Waals surface area contributed by atoms with Gasteiger partial charge in [-0.3, -0.25) is 14.8 Å². The number of benzene rings is 1. The highest BCUT2D eigenvalue weighted by atomic mass is 35.5. The standard InChI is InChI=1S/C16H19ClN4O.2ClH/c1-11(9-18)16(22)21(2)15(14-10-19-7-8-20-14)12-3-5-13(17)6-4-12;;/h3-8,10-11,15H,9,18H2,1-2H3;2*1H. The van der Waals surface area contributed by atoms with E-state index in [-0.39, 0.29) is 42.7 Å². The molecule has 0 fully saturated rings. The Labute approximate surface area is 159 Å². The Morgan fingerprint density at radius 2 is 1.88 bits per heavy atom. The lowest BCUT2D eigenvalue weighted by Gasteiger charge is -2.30. The van der Waals surface area contributed by atoms with Crippen molar-refractivity contribution in [2.45, 2.75) is 13.0 Å². The van der Waals surface area contributed by atoms with Gasteiger partial charge in [0.2, 0.25) is 5.91 Å². The first kappa shape index (κ1) is 22.6. The highest BCUT2D eigenvalue weighted by Crippen LogP contribution is 2.27. The zero-order valence-corrected chi connectivity index (χ0v) is 15.8. The van der Waals surface area contributed by atoms with Crippen molar-refractivity contribution in [3.8, 4) is 0 Å². The van der Waals surface area contributed by atoms with Crippen LogP contribution >= 0.6 is 36.4 Å². The van der Waals surface area contributed by atoms with Gasteiger partial charge in [0.25, 0.3) is 0 Å². The minimum Gasteiger partial charge on any atom is -0.333 e. The van der Waals surface area contributed by atoms with Crippen molar-refractivity contribution in [2.75, 3.05) is 13.6 Å². The molecular weight excluding hydrogens is 371 g/mol. The number of carbonyl (C=O) groups excluding carboxylic acids is 1. The van der Waals surface area contributed by atoms with Gasteiger partial charge in [0, 0.05) is 36.9 Å². The molecule has 0 radical (unpaired) electrons. The normalized spacial score (nSPS) is 12.3. The largest absolute Gasteiger partial charge is 0.333 e. The van der Waals surface area contributed by atoms with E-state index in [2.05, 4.69) is 9.97 Å². The van der Waals surface area contributed by atoms with Crippen molar-refractivity contribution in [3.05, 3.63) is 59.1 Å². The third-order valence-corrected chi connectivity index (χ3v) is 3.81. The van der Waals surface area contributed by atoms with Crippen LogP contribution in [-0.2, 0) is 4.79 Å². The van der Waals surface area contributed by atoms with Crippen molar-refractivity contribution in [3.63, 3.8) is 0 Å². The van der Waals surface area contributed by atoms with Gasteiger partial charge in [-0.05, 0) is 17.7 Å². The fourth-order valence-corrected chi connectivity index (χ4v) is 2.39. The zero-order valence-electron chi connectivity index (χ0n) is 13.4. The van der Waals surface area contributed by atoms with Gasteiger partial charge >= 0.3 is 0 Å². The second kappa shape index (κ2) is 10.5. The summed E-state index contributed by atoms with van der Waals surface area (Å²) in [5.74, 6) is -0.287. The summed E-state index contributed by atoms with van der Waals surface area (Å²) in [5.41, 5.74) is 7.24. The smallest absolute Gasteiger partial charge is 0.227 e. The molecule has 0 aliphatic rings. The van der Waals surface area contributed by atoms with Crippen LogP contribution in [0.25, 0.3) is 0 Å². The Hall–Kier alpha value is -1.40. The van der Waals surface area contributed by atoms with Gasteiger partial charge in [-0.15, -0.1) is 24.8 Å². The van der Waals surface area contributed by atoms with Crippen LogP contribution in [0.1, 0.15) is 24.2 Å². The minimum atomic E-state index is -0.326. The van der Waals surface area contributed by atoms with E-state index < -0.39 is 0 Å². The summed E-state index contributed by atoms with van der Waals surface area (Å²) in [6.07, 6.45) is 4.88. The van der Waals surface area contributed by atoms with Crippen LogP contribution in [-0.4, -0.2) is 34.4 Å². The fraction of sp³-hybridized carbons (Fsp3) is 0.312. The Kier molecular flexibility index (Phi) is 9.85. The van der Waals surface area contributed by atoms with Crippen molar-refractivity contribution in [1.29, 1.82) is 0 Å². The molecule has 2 rings (SSSR count). The summed E-state index contributed by atoms with van der Waals surface area (Å²) in [7, 11) is 1.75. The lowest BCUT2D eigenvalue weighted by atomic mass is 10.0. The summed E-state index contributed by atoms with van der Waals surface area (Å²) in [6, 6.07) is 7.04. The van der Waals surface area contributed by atoms with Gasteiger partial charge in [0.15, 0.2) is 0 Å². The molecule has 8 heteroatoms. The molecule has 0 spiro atoms. The van der Waals surface area contributed by atoms with Gasteiger partial charge in [0.1, 0.15) is 6.04 Å². The molecule has 2 N–H and O–H groups in total. The Morgan fingerprint density at radius 3 is 2.38 bits per heavy atom. The molecule has 2 atom stereocenters. The lowest BCUT2D eigenvalue weighted by molar-refractivity contribution is -0.134. The topological polar surface area (TPSA) is 72.1 Å². The summed E-state index contributed by atoms with van der Waals surface area (Å²) < 4.78 is 0. The Bertz CT molecular complexity index is 625. The molecule has 1 aromatic carbocycles. The number of nitrogens with two attached hydrogens (primary N) is 1. The average Bonchev–Trinajstić information content (AvgIpc) is 2.56. The first-order valence-electron chi connectivity index (χ1n) is 7.02. The minimum absolute atomic E-state index is 0. The number of hydrogen-bond acceptors (Lipinski definition) is 4. The maximum atomic E-state index is 12.5. The van der Waals surface area contributed by atoms with E-state index in [0.717, 1.165) is 5.56 Å². The summed E-state index contributed by atoms with van der Waals surface area (Å²) in [6.45, 7) is 2.12. The molecular formula is C16H21Cl3N4O. The molecule has 2 aromatic rings. The third kappa shape index (κ3) is 5.31. The van der Waals surface area contributed by atoms with E-state index in [1.165, 1.54) is 0 Å². The number of amides is 1. The van der Waals surface area contributed by atoms with Crippen molar-refractivity contribution >= 4 is 42.3 Å². The van der Waals surface area contributed by atoms with E-state index in [0.29, 0.717) is 17.3 Å². The van der Waals surface area contributed by atoms with Crippen molar-refractivity contribution in [2.24, 2.45) is 11.7 Å². The molecule has 0 saturated heterocycles. The van der Waals surface area contributed by atoms with E-state index in [4.69, 9.17) is 17.3 Å². The molecule has 0 saturated carbocycles. The highest BCUT2D eigenvalue weighted by Gasteiger charge is 2.27. The zero-order chi connectivity index (χ0) is 16.1. The van der Waals surface area contributed by atoms with Crippen molar-refractivity contribution in [1.82, 2.24) is 14.9 Å². The van der Waals surface area contributed by atoms with Gasteiger partial charge in [-0.2, -0.15) is 0 Å². The molecule has 132 valence electrons. The van der Waals surface area contributed by atoms with Crippen molar-refractivity contribution < 1.29 is 4.79 Å². The fourth-order valence-electron chi connectivity index (χ4n) is 2.27. The first-order chi connectivity index (χ1) is 10.5.